The van der Waals surface area contributed by atoms with Crippen molar-refractivity contribution in [1.82, 2.24) is 15.1 Å². The molecule has 2 saturated carbocycles. The Morgan fingerprint density at radius 1 is 1.35 bits per heavy atom. The summed E-state index contributed by atoms with van der Waals surface area (Å²) >= 11 is 0. The molecule has 2 aliphatic carbocycles. The van der Waals surface area contributed by atoms with Crippen molar-refractivity contribution in [3.63, 3.8) is 0 Å². The number of carbonyl (C=O) groups excluding carboxylic acids is 1. The molecule has 0 atom stereocenters. The number of amides is 1. The van der Waals surface area contributed by atoms with Gasteiger partial charge in [0.25, 0.3) is 0 Å². The third-order valence-electron chi connectivity index (χ3n) is 5.01. The van der Waals surface area contributed by atoms with Crippen LogP contribution >= 0.6 is 0 Å². The number of nitrogens with one attached hydrogen (secondary N) is 1. The van der Waals surface area contributed by atoms with E-state index in [2.05, 4.69) is 11.4 Å². The van der Waals surface area contributed by atoms with Gasteiger partial charge in [-0.1, -0.05) is 0 Å². The van der Waals surface area contributed by atoms with Gasteiger partial charge in [-0.25, -0.2) is 0 Å². The van der Waals surface area contributed by atoms with Crippen molar-refractivity contribution < 1.29 is 9.53 Å². The van der Waals surface area contributed by atoms with Gasteiger partial charge in [-0.15, -0.1) is 0 Å². The molecule has 0 unspecified atom stereocenters. The minimum Gasteiger partial charge on any atom is -0.453 e. The Bertz CT molecular complexity index is 901. The van der Waals surface area contributed by atoms with E-state index in [-0.39, 0.29) is 12.5 Å². The van der Waals surface area contributed by atoms with Gasteiger partial charge in [0.15, 0.2) is 5.75 Å². The number of hydrogen-bond acceptors (Lipinski definition) is 4. The molecule has 1 amide bonds. The molecule has 0 saturated heterocycles. The molecule has 2 fully saturated rings. The van der Waals surface area contributed by atoms with Crippen molar-refractivity contribution in [3.05, 3.63) is 40.7 Å². The molecule has 6 heteroatoms. The van der Waals surface area contributed by atoms with Gasteiger partial charge in [0.2, 0.25) is 5.91 Å². The molecule has 134 valence electrons. The van der Waals surface area contributed by atoms with Crippen LogP contribution in [0, 0.1) is 18.3 Å². The summed E-state index contributed by atoms with van der Waals surface area (Å²) in [7, 11) is 1.64. The number of ether oxygens (including phenoxy) is 1. The highest BCUT2D eigenvalue weighted by atomic mass is 16.5. The number of hydrogen-bond donors (Lipinski definition) is 1. The summed E-state index contributed by atoms with van der Waals surface area (Å²) in [6, 6.07) is 7.69. The maximum absolute atomic E-state index is 11.9. The van der Waals surface area contributed by atoms with Crippen LogP contribution < -0.4 is 10.1 Å². The predicted octanol–water partition coefficient (Wildman–Crippen LogP) is 3.36. The van der Waals surface area contributed by atoms with Gasteiger partial charge in [0.1, 0.15) is 18.0 Å². The van der Waals surface area contributed by atoms with Crippen LogP contribution in [0.4, 0.5) is 0 Å². The molecule has 6 nitrogen and oxygen atoms in total. The summed E-state index contributed by atoms with van der Waals surface area (Å²) in [4.78, 5) is 11.9. The fourth-order valence-electron chi connectivity index (χ4n) is 3.24. The van der Waals surface area contributed by atoms with Crippen LogP contribution in [0.1, 0.15) is 60.0 Å². The molecule has 4 rings (SSSR count). The summed E-state index contributed by atoms with van der Waals surface area (Å²) in [6.45, 7) is 2.13. The Morgan fingerprint density at radius 3 is 2.65 bits per heavy atom. The molecular weight excluding hydrogens is 328 g/mol. The van der Waals surface area contributed by atoms with Gasteiger partial charge in [-0.2, -0.15) is 10.4 Å². The van der Waals surface area contributed by atoms with E-state index in [4.69, 9.17) is 15.1 Å². The van der Waals surface area contributed by atoms with Crippen molar-refractivity contribution in [2.24, 2.45) is 0 Å². The summed E-state index contributed by atoms with van der Waals surface area (Å²) in [5.74, 6) is 2.31. The normalized spacial score (nSPS) is 16.2. The number of nitrogens with zero attached hydrogens (tertiary/aromatic N) is 3. The van der Waals surface area contributed by atoms with E-state index in [1.165, 1.54) is 0 Å². The highest BCUT2D eigenvalue weighted by molar-refractivity contribution is 5.75. The second-order valence-corrected chi connectivity index (χ2v) is 7.17. The van der Waals surface area contributed by atoms with Crippen molar-refractivity contribution in [2.45, 2.75) is 51.0 Å². The van der Waals surface area contributed by atoms with E-state index in [1.54, 1.807) is 13.1 Å². The van der Waals surface area contributed by atoms with Crippen LogP contribution in [0.15, 0.2) is 18.2 Å². The lowest BCUT2D eigenvalue weighted by atomic mass is 10.1. The zero-order valence-corrected chi connectivity index (χ0v) is 15.1. The van der Waals surface area contributed by atoms with Gasteiger partial charge in [-0.3, -0.25) is 9.48 Å². The third-order valence-corrected chi connectivity index (χ3v) is 5.01. The maximum Gasteiger partial charge on any atom is 0.241 e. The van der Waals surface area contributed by atoms with E-state index in [9.17, 15) is 4.79 Å². The topological polar surface area (TPSA) is 79.9 Å². The van der Waals surface area contributed by atoms with Crippen molar-refractivity contribution in [1.29, 1.82) is 5.26 Å². The Kier molecular flexibility index (Phi) is 4.15. The zero-order valence-electron chi connectivity index (χ0n) is 15.1. The van der Waals surface area contributed by atoms with Gasteiger partial charge in [-0.05, 0) is 56.4 Å². The standard InChI is InChI=1S/C20H22N4O2/c1-12-9-16(8-7-15(12)10-21)26-20-18(13-3-4-13)23-24(11-17(25)22-2)19(20)14-5-6-14/h7-9,13-14H,3-6,11H2,1-2H3,(H,22,25). The largest absolute Gasteiger partial charge is 0.453 e. The van der Waals surface area contributed by atoms with E-state index in [0.29, 0.717) is 23.1 Å². The number of nitriles is 1. The van der Waals surface area contributed by atoms with E-state index in [0.717, 1.165) is 48.4 Å². The van der Waals surface area contributed by atoms with Gasteiger partial charge < -0.3 is 10.1 Å². The highest BCUT2D eigenvalue weighted by Gasteiger charge is 2.38. The molecule has 2 aromatic rings. The third kappa shape index (κ3) is 3.17. The Balaban J connectivity index is 1.73. The van der Waals surface area contributed by atoms with Crippen LogP contribution in [0.2, 0.25) is 0 Å². The first-order valence-electron chi connectivity index (χ1n) is 9.10. The average molecular weight is 350 g/mol. The lowest BCUT2D eigenvalue weighted by Gasteiger charge is -2.11. The molecule has 0 bridgehead atoms. The number of carbonyl (C=O) groups is 1. The molecule has 0 radical (unpaired) electrons. The van der Waals surface area contributed by atoms with Crippen molar-refractivity contribution in [2.75, 3.05) is 7.05 Å². The fourth-order valence-corrected chi connectivity index (χ4v) is 3.24. The number of rotatable bonds is 6. The second kappa shape index (κ2) is 6.49. The fraction of sp³-hybridized carbons (Fsp3) is 0.450. The first-order chi connectivity index (χ1) is 12.6. The molecular formula is C20H22N4O2. The molecule has 0 spiro atoms. The minimum absolute atomic E-state index is 0.0579. The highest BCUT2D eigenvalue weighted by Crippen LogP contribution is 2.52. The van der Waals surface area contributed by atoms with Crippen LogP contribution in [-0.4, -0.2) is 22.7 Å². The molecule has 1 heterocycles. The molecule has 1 aromatic carbocycles. The van der Waals surface area contributed by atoms with Gasteiger partial charge in [0.05, 0.1) is 17.3 Å². The van der Waals surface area contributed by atoms with E-state index in [1.807, 2.05) is 23.7 Å². The SMILES string of the molecule is CNC(=O)Cn1nc(C2CC2)c(Oc2ccc(C#N)c(C)c2)c1C1CC1. The number of likely N-dealkylation sites (N-methyl/N-ethyl adjacent to an activating group) is 1. The van der Waals surface area contributed by atoms with Crippen LogP contribution in [-0.2, 0) is 11.3 Å². The smallest absolute Gasteiger partial charge is 0.241 e. The summed E-state index contributed by atoms with van der Waals surface area (Å²) < 4.78 is 8.12. The second-order valence-electron chi connectivity index (χ2n) is 7.17. The Hall–Kier alpha value is -2.81. The number of aryl methyl sites for hydroxylation is 1. The van der Waals surface area contributed by atoms with Crippen LogP contribution in [0.5, 0.6) is 11.5 Å². The number of benzene rings is 1. The van der Waals surface area contributed by atoms with E-state index < -0.39 is 0 Å². The quantitative estimate of drug-likeness (QED) is 0.866. The monoisotopic (exact) mass is 350 g/mol. The minimum atomic E-state index is -0.0579. The lowest BCUT2D eigenvalue weighted by Crippen LogP contribution is -2.25. The van der Waals surface area contributed by atoms with Crippen molar-refractivity contribution in [3.8, 4) is 17.6 Å². The van der Waals surface area contributed by atoms with E-state index >= 15 is 0 Å². The molecule has 1 aromatic heterocycles. The molecule has 26 heavy (non-hydrogen) atoms. The first kappa shape index (κ1) is 16.6. The van der Waals surface area contributed by atoms with Gasteiger partial charge in [0, 0.05) is 18.9 Å². The van der Waals surface area contributed by atoms with Crippen molar-refractivity contribution >= 4 is 5.91 Å². The number of aromatic nitrogens is 2. The average Bonchev–Trinajstić information content (AvgIpc) is 3.54. The Morgan fingerprint density at radius 2 is 2.08 bits per heavy atom. The molecule has 2 aliphatic rings. The predicted molar refractivity (Wildman–Crippen MR) is 96.2 cm³/mol. The molecule has 1 N–H and O–H groups in total. The summed E-state index contributed by atoms with van der Waals surface area (Å²) in [6.07, 6.45) is 4.44. The first-order valence-corrected chi connectivity index (χ1v) is 9.10. The molecule has 0 aliphatic heterocycles. The summed E-state index contributed by atoms with van der Waals surface area (Å²) in [5.41, 5.74) is 3.55. The summed E-state index contributed by atoms with van der Waals surface area (Å²) in [5, 5.41) is 16.5. The lowest BCUT2D eigenvalue weighted by molar-refractivity contribution is -0.121. The maximum atomic E-state index is 11.9. The van der Waals surface area contributed by atoms with Crippen LogP contribution in [0.25, 0.3) is 0 Å². The van der Waals surface area contributed by atoms with Crippen LogP contribution in [0.3, 0.4) is 0 Å². The van der Waals surface area contributed by atoms with Gasteiger partial charge >= 0.3 is 0 Å². The zero-order chi connectivity index (χ0) is 18.3. The Labute approximate surface area is 152 Å².